The summed E-state index contributed by atoms with van der Waals surface area (Å²) >= 11 is 0. The quantitative estimate of drug-likeness (QED) is 0.314. The third kappa shape index (κ3) is 55.3. The highest BCUT2D eigenvalue weighted by Gasteiger charge is 1.82. The number of rotatable bonds is 1. The molecule has 1 amide bonds. The van der Waals surface area contributed by atoms with E-state index in [2.05, 4.69) is 10.5 Å². The largest absolute Gasteiger partial charge is 0.450 e. The summed E-state index contributed by atoms with van der Waals surface area (Å²) in [6.07, 6.45) is -0.711. The average molecular weight is 132 g/mol. The Morgan fingerprint density at radius 1 is 2.00 bits per heavy atom. The number of hydrogen-bond acceptors (Lipinski definition) is 3. The molecule has 0 aromatic rings. The number of amides is 1. The van der Waals surface area contributed by atoms with Gasteiger partial charge < -0.3 is 10.5 Å². The van der Waals surface area contributed by atoms with Gasteiger partial charge in [0.25, 0.3) is 0 Å². The highest BCUT2D eigenvalue weighted by atomic mass is 16.5. The van der Waals surface area contributed by atoms with Crippen molar-refractivity contribution in [3.8, 4) is 0 Å². The van der Waals surface area contributed by atoms with Crippen LogP contribution in [0.4, 0.5) is 4.79 Å². The molecule has 0 aliphatic heterocycles. The van der Waals surface area contributed by atoms with E-state index in [0.717, 1.165) is 0 Å². The van der Waals surface area contributed by atoms with Crippen LogP contribution in [0, 0.1) is 5.53 Å². The first-order chi connectivity index (χ1) is 4.18. The van der Waals surface area contributed by atoms with E-state index in [9.17, 15) is 4.79 Å². The molecule has 0 saturated carbocycles. The van der Waals surface area contributed by atoms with E-state index in [4.69, 9.17) is 11.1 Å². The summed E-state index contributed by atoms with van der Waals surface area (Å²) in [7, 11) is 0. The van der Waals surface area contributed by atoms with Gasteiger partial charge in [0.15, 0.2) is 0 Å². The summed E-state index contributed by atoms with van der Waals surface area (Å²) in [6, 6.07) is 0. The summed E-state index contributed by atoms with van der Waals surface area (Å²) < 4.78 is 4.18. The Labute approximate surface area is 52.0 Å². The molecule has 0 aliphatic carbocycles. The maximum atomic E-state index is 9.60. The Balaban J connectivity index is 0. The van der Waals surface area contributed by atoms with Gasteiger partial charge in [0, 0.05) is 0 Å². The van der Waals surface area contributed by atoms with Gasteiger partial charge in [-0.1, -0.05) is 0 Å². The lowest BCUT2D eigenvalue weighted by atomic mass is 10.9. The van der Waals surface area contributed by atoms with Gasteiger partial charge in [-0.15, -0.1) is 5.53 Å². The smallest absolute Gasteiger partial charge is 0.404 e. The van der Waals surface area contributed by atoms with Crippen molar-refractivity contribution in [3.63, 3.8) is 0 Å². The van der Waals surface area contributed by atoms with Gasteiger partial charge in [0.05, 0.1) is 6.61 Å². The molecular weight excluding hydrogens is 124 g/mol. The minimum Gasteiger partial charge on any atom is -0.450 e. The van der Waals surface area contributed by atoms with Crippen LogP contribution in [0.3, 0.4) is 0 Å². The Kier molecular flexibility index (Phi) is 11.4. The third-order valence-electron chi connectivity index (χ3n) is 0.287. The Hall–Kier alpha value is -1.42. The topological polar surface area (TPSA) is 113 Å². The standard InChI is InChI=1S/C3H7NO2.HN3/c1-2-6-3(4)5;1-3-2/h2H2,1H3,(H2,4,5);1H. The van der Waals surface area contributed by atoms with Gasteiger partial charge in [-0.2, -0.15) is 0 Å². The first-order valence-corrected chi connectivity index (χ1v) is 2.12. The molecule has 52 valence electrons. The van der Waals surface area contributed by atoms with Gasteiger partial charge in [0.1, 0.15) is 0 Å². The normalized spacial score (nSPS) is 5.89. The minimum absolute atomic E-state index is 0.356. The van der Waals surface area contributed by atoms with Gasteiger partial charge >= 0.3 is 6.09 Å². The molecule has 6 heteroatoms. The van der Waals surface area contributed by atoms with Crippen molar-refractivity contribution in [2.45, 2.75) is 6.92 Å². The lowest BCUT2D eigenvalue weighted by Gasteiger charge is -1.89. The van der Waals surface area contributed by atoms with Crippen LogP contribution in [-0.4, -0.2) is 12.7 Å². The number of carbonyl (C=O) groups is 1. The van der Waals surface area contributed by atoms with E-state index >= 15 is 0 Å². The van der Waals surface area contributed by atoms with Crippen molar-refractivity contribution in [2.24, 2.45) is 5.73 Å². The SMILES string of the molecule is CCOC(N)=O.[N-]=[N+]=N. The summed E-state index contributed by atoms with van der Waals surface area (Å²) in [5, 5.41) is 0. The fourth-order valence-electron chi connectivity index (χ4n) is 0.142. The fraction of sp³-hybridized carbons (Fsp3) is 0.667. The van der Waals surface area contributed by atoms with Gasteiger partial charge in [-0.25, -0.2) is 4.79 Å². The second kappa shape index (κ2) is 9.77. The van der Waals surface area contributed by atoms with E-state index in [-0.39, 0.29) is 0 Å². The van der Waals surface area contributed by atoms with Crippen molar-refractivity contribution in [1.29, 1.82) is 5.53 Å². The van der Waals surface area contributed by atoms with Gasteiger partial charge in [0.2, 0.25) is 0 Å². The lowest BCUT2D eigenvalue weighted by Crippen LogP contribution is -2.11. The van der Waals surface area contributed by atoms with Crippen LogP contribution in [0.1, 0.15) is 6.92 Å². The molecule has 0 bridgehead atoms. The molecule has 6 nitrogen and oxygen atoms in total. The second-order valence-corrected chi connectivity index (χ2v) is 0.852. The molecule has 0 aliphatic rings. The molecule has 0 spiro atoms. The van der Waals surface area contributed by atoms with Crippen LogP contribution in [0.15, 0.2) is 0 Å². The van der Waals surface area contributed by atoms with E-state index in [1.165, 1.54) is 0 Å². The zero-order chi connectivity index (χ0) is 7.70. The molecule has 0 atom stereocenters. The van der Waals surface area contributed by atoms with Gasteiger partial charge in [-0.05, 0) is 17.4 Å². The summed E-state index contributed by atoms with van der Waals surface area (Å²) in [6.45, 7) is 2.06. The number of hydrogen-bond donors (Lipinski definition) is 2. The Morgan fingerprint density at radius 3 is 2.33 bits per heavy atom. The molecule has 0 heterocycles. The molecule has 0 unspecified atom stereocenters. The van der Waals surface area contributed by atoms with Crippen molar-refractivity contribution in [2.75, 3.05) is 6.61 Å². The molecule has 3 N–H and O–H groups in total. The van der Waals surface area contributed by atoms with Crippen molar-refractivity contribution < 1.29 is 9.53 Å². The molecule has 9 heavy (non-hydrogen) atoms. The van der Waals surface area contributed by atoms with E-state index in [0.29, 0.717) is 6.61 Å². The third-order valence-corrected chi connectivity index (χ3v) is 0.287. The predicted molar refractivity (Wildman–Crippen MR) is 30.6 cm³/mol. The number of primary amides is 1. The number of carbonyl (C=O) groups excluding carboxylic acids is 1. The fourth-order valence-corrected chi connectivity index (χ4v) is 0.142. The van der Waals surface area contributed by atoms with Crippen molar-refractivity contribution in [3.05, 3.63) is 10.4 Å². The zero-order valence-corrected chi connectivity index (χ0v) is 5.00. The molecule has 0 fully saturated rings. The van der Waals surface area contributed by atoms with Crippen molar-refractivity contribution in [1.82, 2.24) is 0 Å². The first-order valence-electron chi connectivity index (χ1n) is 2.12. The Bertz CT molecular complexity index is 106. The van der Waals surface area contributed by atoms with E-state index in [1.807, 2.05) is 0 Å². The lowest BCUT2D eigenvalue weighted by molar-refractivity contribution is 0.163. The molecule has 0 aromatic heterocycles. The van der Waals surface area contributed by atoms with Crippen LogP contribution in [0.25, 0.3) is 10.4 Å². The maximum Gasteiger partial charge on any atom is 0.404 e. The predicted octanol–water partition coefficient (Wildman–Crippen LogP) is 0.977. The highest BCUT2D eigenvalue weighted by molar-refractivity contribution is 5.64. The van der Waals surface area contributed by atoms with Crippen molar-refractivity contribution >= 4 is 6.09 Å². The van der Waals surface area contributed by atoms with E-state index < -0.39 is 6.09 Å². The first kappa shape index (κ1) is 10.5. The highest BCUT2D eigenvalue weighted by Crippen LogP contribution is 1.66. The maximum absolute atomic E-state index is 9.60. The minimum atomic E-state index is -0.711. The number of nitrogens with one attached hydrogen (secondary N) is 1. The zero-order valence-electron chi connectivity index (χ0n) is 5.00. The monoisotopic (exact) mass is 132 g/mol. The van der Waals surface area contributed by atoms with Crippen LogP contribution >= 0.6 is 0 Å². The van der Waals surface area contributed by atoms with E-state index in [1.54, 1.807) is 11.8 Å². The Morgan fingerprint density at radius 2 is 2.33 bits per heavy atom. The summed E-state index contributed by atoms with van der Waals surface area (Å²) in [5.41, 5.74) is 16.8. The van der Waals surface area contributed by atoms with Crippen LogP contribution < -0.4 is 5.73 Å². The molecule has 0 aromatic carbocycles. The van der Waals surface area contributed by atoms with Crippen LogP contribution in [0.2, 0.25) is 0 Å². The number of nitrogens with zero attached hydrogens (tertiary/aromatic N) is 2. The number of nitrogens with two attached hydrogens (primary N) is 1. The summed E-state index contributed by atoms with van der Waals surface area (Å²) in [5.74, 6) is 0. The molecule has 0 saturated heterocycles. The van der Waals surface area contributed by atoms with Crippen LogP contribution in [0.5, 0.6) is 0 Å². The summed E-state index contributed by atoms with van der Waals surface area (Å²) in [4.78, 5) is 11.3. The second-order valence-electron chi connectivity index (χ2n) is 0.852. The molecule has 0 radical (unpaired) electrons. The van der Waals surface area contributed by atoms with Crippen LogP contribution in [-0.2, 0) is 4.74 Å². The average Bonchev–Trinajstić information content (AvgIpc) is 1.67. The number of ether oxygens (including phenoxy) is 1. The van der Waals surface area contributed by atoms with Gasteiger partial charge in [-0.3, -0.25) is 0 Å². The molecular formula is C3H8N4O2. The molecule has 0 rings (SSSR count).